The van der Waals surface area contributed by atoms with Gasteiger partial charge in [0, 0.05) is 11.1 Å². The second-order valence-electron chi connectivity index (χ2n) is 5.60. The van der Waals surface area contributed by atoms with E-state index in [1.807, 2.05) is 25.1 Å². The maximum absolute atomic E-state index is 6.42. The average Bonchev–Trinajstić information content (AvgIpc) is 2.57. The monoisotopic (exact) mass is 458 g/mol. The lowest BCUT2D eigenvalue weighted by atomic mass is 10.1. The molecule has 134 valence electrons. The minimum atomic E-state index is 0. The van der Waals surface area contributed by atoms with Gasteiger partial charge in [-0.15, -0.1) is 26.2 Å². The minimum absolute atomic E-state index is 0. The van der Waals surface area contributed by atoms with Crippen molar-refractivity contribution in [3.63, 3.8) is 0 Å². The van der Waals surface area contributed by atoms with Crippen LogP contribution in [0.25, 0.3) is 6.08 Å². The molecule has 1 nitrogen and oxygen atoms in total. The third-order valence-corrected chi connectivity index (χ3v) is 5.25. The first-order valence-corrected chi connectivity index (χ1v) is 8.98. The lowest BCUT2D eigenvalue weighted by molar-refractivity contribution is 0.412. The number of ether oxygens (including phenoxy) is 1. The molecule has 0 saturated heterocycles. The summed E-state index contributed by atoms with van der Waals surface area (Å²) in [6, 6.07) is 10.1. The molecule has 2 aromatic rings. The van der Waals surface area contributed by atoms with Crippen LogP contribution in [0.3, 0.4) is 0 Å². The summed E-state index contributed by atoms with van der Waals surface area (Å²) < 4.78 is 5.28. The summed E-state index contributed by atoms with van der Waals surface area (Å²) in [5.41, 5.74) is 4.16. The smallest absolute Gasteiger partial charge is 0.124 e. The Morgan fingerprint density at radius 2 is 1.92 bits per heavy atom. The molecule has 0 fully saturated rings. The highest BCUT2D eigenvalue weighted by Gasteiger charge is 2.11. The van der Waals surface area contributed by atoms with Crippen LogP contribution >= 0.6 is 49.4 Å². The van der Waals surface area contributed by atoms with E-state index in [9.17, 15) is 0 Å². The molecule has 0 aliphatic carbocycles. The second-order valence-corrected chi connectivity index (χ2v) is 7.00. The van der Waals surface area contributed by atoms with Gasteiger partial charge in [-0.2, -0.15) is 0 Å². The van der Waals surface area contributed by atoms with Crippen LogP contribution in [-0.4, -0.2) is 7.11 Å². The molecule has 0 amide bonds. The SMILES string of the molecule is Br.COc1cc(Cl)c(C=CC(C)=CCc2ccccc2P)c(Cl)c1C. The Bertz CT molecular complexity index is 801. The molecule has 0 aliphatic heterocycles. The largest absolute Gasteiger partial charge is 0.496 e. The van der Waals surface area contributed by atoms with E-state index in [2.05, 4.69) is 40.4 Å². The van der Waals surface area contributed by atoms with Crippen molar-refractivity contribution < 1.29 is 4.74 Å². The van der Waals surface area contributed by atoms with Gasteiger partial charge < -0.3 is 4.74 Å². The van der Waals surface area contributed by atoms with Crippen molar-refractivity contribution in [2.45, 2.75) is 20.3 Å². The van der Waals surface area contributed by atoms with Gasteiger partial charge >= 0.3 is 0 Å². The highest BCUT2D eigenvalue weighted by Crippen LogP contribution is 2.35. The Hall–Kier alpha value is -0.790. The predicted molar refractivity (Wildman–Crippen MR) is 120 cm³/mol. The first-order valence-electron chi connectivity index (χ1n) is 7.64. The van der Waals surface area contributed by atoms with Gasteiger partial charge in [0.25, 0.3) is 0 Å². The van der Waals surface area contributed by atoms with E-state index < -0.39 is 0 Å². The second kappa shape index (κ2) is 10.4. The van der Waals surface area contributed by atoms with Gasteiger partial charge in [0.1, 0.15) is 5.75 Å². The van der Waals surface area contributed by atoms with E-state index >= 15 is 0 Å². The Labute approximate surface area is 173 Å². The van der Waals surface area contributed by atoms with Crippen LogP contribution in [0.5, 0.6) is 5.75 Å². The van der Waals surface area contributed by atoms with E-state index in [4.69, 9.17) is 27.9 Å². The molecular weight excluding hydrogens is 438 g/mol. The third-order valence-electron chi connectivity index (χ3n) is 3.88. The van der Waals surface area contributed by atoms with Gasteiger partial charge in [0.15, 0.2) is 0 Å². The normalized spacial score (nSPS) is 11.5. The average molecular weight is 460 g/mol. The summed E-state index contributed by atoms with van der Waals surface area (Å²) in [5, 5.41) is 2.43. The van der Waals surface area contributed by atoms with Crippen LogP contribution in [0.15, 0.2) is 48.1 Å². The highest BCUT2D eigenvalue weighted by atomic mass is 79.9. The molecular formula is C20H22BrCl2OP. The molecule has 0 radical (unpaired) electrons. The lowest BCUT2D eigenvalue weighted by Crippen LogP contribution is -1.99. The summed E-state index contributed by atoms with van der Waals surface area (Å²) in [6.07, 6.45) is 7.07. The van der Waals surface area contributed by atoms with E-state index in [0.29, 0.717) is 15.8 Å². The van der Waals surface area contributed by atoms with Crippen molar-refractivity contribution in [3.8, 4) is 5.75 Å². The Balaban J connectivity index is 0.00000312. The first-order chi connectivity index (χ1) is 11.4. The lowest BCUT2D eigenvalue weighted by Gasteiger charge is -2.11. The zero-order valence-corrected chi connectivity index (χ0v) is 18.9. The van der Waals surface area contributed by atoms with Crippen LogP contribution in [0.2, 0.25) is 10.0 Å². The van der Waals surface area contributed by atoms with Crippen molar-refractivity contribution >= 4 is 60.8 Å². The maximum atomic E-state index is 6.42. The maximum Gasteiger partial charge on any atom is 0.124 e. The molecule has 2 aromatic carbocycles. The molecule has 1 unspecified atom stereocenters. The zero-order valence-electron chi connectivity index (χ0n) is 14.5. The van der Waals surface area contributed by atoms with Crippen LogP contribution in [-0.2, 0) is 6.42 Å². The number of benzene rings is 2. The molecule has 0 N–H and O–H groups in total. The minimum Gasteiger partial charge on any atom is -0.496 e. The molecule has 0 aromatic heterocycles. The van der Waals surface area contributed by atoms with Gasteiger partial charge in [0.2, 0.25) is 0 Å². The van der Waals surface area contributed by atoms with Crippen LogP contribution in [0.4, 0.5) is 0 Å². The molecule has 2 rings (SSSR count). The Kier molecular flexibility index (Phi) is 9.24. The predicted octanol–water partition coefficient (Wildman–Crippen LogP) is 6.59. The Morgan fingerprint density at radius 3 is 2.56 bits per heavy atom. The number of methoxy groups -OCH3 is 1. The van der Waals surface area contributed by atoms with Crippen molar-refractivity contribution in [3.05, 3.63) is 74.8 Å². The van der Waals surface area contributed by atoms with Gasteiger partial charge in [-0.05, 0) is 37.2 Å². The molecule has 5 heteroatoms. The standard InChI is InChI=1S/C20H21Cl2OP.BrH/c1-13(8-10-15-6-4-5-7-19(15)24)9-11-16-17(21)12-18(23-3)14(2)20(16)22;/h4-9,11-12H,10,24H2,1-3H3;1H. The summed E-state index contributed by atoms with van der Waals surface area (Å²) in [7, 11) is 4.38. The number of hydrogen-bond acceptors (Lipinski definition) is 1. The summed E-state index contributed by atoms with van der Waals surface area (Å²) >= 11 is 12.7. The van der Waals surface area contributed by atoms with E-state index in [0.717, 1.165) is 23.1 Å². The third kappa shape index (κ3) is 5.86. The fourth-order valence-electron chi connectivity index (χ4n) is 2.35. The van der Waals surface area contributed by atoms with Crippen molar-refractivity contribution in [1.29, 1.82) is 0 Å². The molecule has 0 spiro atoms. The molecule has 0 saturated carbocycles. The topological polar surface area (TPSA) is 9.23 Å². The summed E-state index contributed by atoms with van der Waals surface area (Å²) in [4.78, 5) is 0. The van der Waals surface area contributed by atoms with Gasteiger partial charge in [-0.3, -0.25) is 0 Å². The molecule has 25 heavy (non-hydrogen) atoms. The fraction of sp³-hybridized carbons (Fsp3) is 0.200. The number of halogens is 3. The zero-order chi connectivity index (χ0) is 17.7. The Morgan fingerprint density at radius 1 is 1.24 bits per heavy atom. The number of rotatable bonds is 5. The van der Waals surface area contributed by atoms with Crippen molar-refractivity contribution in [1.82, 2.24) is 0 Å². The van der Waals surface area contributed by atoms with Crippen molar-refractivity contribution in [2.75, 3.05) is 7.11 Å². The van der Waals surface area contributed by atoms with Crippen LogP contribution in [0, 0.1) is 6.92 Å². The fourth-order valence-corrected chi connectivity index (χ4v) is 3.24. The van der Waals surface area contributed by atoms with E-state index in [-0.39, 0.29) is 17.0 Å². The van der Waals surface area contributed by atoms with Crippen LogP contribution < -0.4 is 10.0 Å². The van der Waals surface area contributed by atoms with Crippen LogP contribution in [0.1, 0.15) is 23.6 Å². The number of allylic oxidation sites excluding steroid dienone is 3. The summed E-state index contributed by atoms with van der Waals surface area (Å²) in [6.45, 7) is 3.99. The first kappa shape index (κ1) is 22.3. The molecule has 1 atom stereocenters. The molecule has 0 heterocycles. The quantitative estimate of drug-likeness (QED) is 0.362. The van der Waals surface area contributed by atoms with Gasteiger partial charge in [-0.1, -0.05) is 71.3 Å². The highest BCUT2D eigenvalue weighted by molar-refractivity contribution is 8.93. The molecule has 0 bridgehead atoms. The van der Waals surface area contributed by atoms with Gasteiger partial charge in [-0.25, -0.2) is 0 Å². The van der Waals surface area contributed by atoms with Crippen molar-refractivity contribution in [2.24, 2.45) is 0 Å². The number of hydrogen-bond donors (Lipinski definition) is 0. The van der Waals surface area contributed by atoms with E-state index in [1.54, 1.807) is 13.2 Å². The molecule has 0 aliphatic rings. The summed E-state index contributed by atoms with van der Waals surface area (Å²) in [5.74, 6) is 0.700. The van der Waals surface area contributed by atoms with E-state index in [1.165, 1.54) is 10.9 Å². The van der Waals surface area contributed by atoms with Gasteiger partial charge in [0.05, 0.1) is 17.2 Å².